The van der Waals surface area contributed by atoms with E-state index in [0.29, 0.717) is 29.6 Å². The molecule has 3 aromatic rings. The van der Waals surface area contributed by atoms with Gasteiger partial charge in [-0.2, -0.15) is 0 Å². The fraction of sp³-hybridized carbons (Fsp3) is 0.316. The Labute approximate surface area is 164 Å². The number of fused-ring (bicyclic) bond motifs is 1. The summed E-state index contributed by atoms with van der Waals surface area (Å²) in [5, 5.41) is 5.75. The Bertz CT molecular complexity index is 940. The molecule has 1 N–H and O–H groups in total. The summed E-state index contributed by atoms with van der Waals surface area (Å²) in [6.45, 7) is 1.34. The number of piperidine rings is 1. The Hall–Kier alpha value is -2.45. The van der Waals surface area contributed by atoms with Crippen LogP contribution in [0.5, 0.6) is 0 Å². The summed E-state index contributed by atoms with van der Waals surface area (Å²) in [5.74, 6) is -0.0481. The minimum absolute atomic E-state index is 0.179. The summed E-state index contributed by atoms with van der Waals surface area (Å²) < 4.78 is 5.96. The number of hydrogen-bond donors (Lipinski definition) is 1. The molecule has 2 aromatic heterocycles. The first-order chi connectivity index (χ1) is 13.2. The third kappa shape index (κ3) is 3.68. The number of nitrogens with zero attached hydrogens (tertiary/aromatic N) is 2. The van der Waals surface area contributed by atoms with Crippen molar-refractivity contribution >= 4 is 50.6 Å². The monoisotopic (exact) mass is 401 g/mol. The minimum atomic E-state index is -0.435. The Morgan fingerprint density at radius 1 is 1.22 bits per heavy atom. The number of carbonyl (C=O) groups is 2. The van der Waals surface area contributed by atoms with E-state index in [0.717, 1.165) is 23.4 Å². The number of nitrogens with one attached hydrogen (secondary N) is 1. The van der Waals surface area contributed by atoms with E-state index in [1.807, 2.05) is 18.2 Å². The predicted molar refractivity (Wildman–Crippen MR) is 108 cm³/mol. The van der Waals surface area contributed by atoms with Crippen molar-refractivity contribution in [3.8, 4) is 0 Å². The summed E-state index contributed by atoms with van der Waals surface area (Å²) in [6.07, 6.45) is 1.78. The molecule has 140 valence electrons. The molecule has 0 bridgehead atoms. The van der Waals surface area contributed by atoms with E-state index in [9.17, 15) is 9.59 Å². The van der Waals surface area contributed by atoms with E-state index in [4.69, 9.17) is 9.72 Å². The van der Waals surface area contributed by atoms with E-state index in [1.165, 1.54) is 23.1 Å². The number of rotatable bonds is 3. The molecule has 1 saturated heterocycles. The third-order valence-corrected chi connectivity index (χ3v) is 6.81. The zero-order valence-corrected chi connectivity index (χ0v) is 16.4. The van der Waals surface area contributed by atoms with Gasteiger partial charge in [-0.15, -0.1) is 22.7 Å². The first-order valence-electron chi connectivity index (χ1n) is 8.73. The highest BCUT2D eigenvalue weighted by Crippen LogP contribution is 2.34. The highest BCUT2D eigenvalue weighted by atomic mass is 32.1. The zero-order valence-electron chi connectivity index (χ0n) is 14.8. The Balaban J connectivity index is 1.38. The largest absolute Gasteiger partial charge is 0.465 e. The van der Waals surface area contributed by atoms with Gasteiger partial charge < -0.3 is 15.0 Å². The summed E-state index contributed by atoms with van der Waals surface area (Å²) in [6, 6.07) is 9.72. The molecule has 6 nitrogen and oxygen atoms in total. The van der Waals surface area contributed by atoms with E-state index in [2.05, 4.69) is 11.4 Å². The van der Waals surface area contributed by atoms with Gasteiger partial charge in [0, 0.05) is 19.0 Å². The fourth-order valence-electron chi connectivity index (χ4n) is 3.25. The van der Waals surface area contributed by atoms with E-state index in [-0.39, 0.29) is 6.03 Å². The van der Waals surface area contributed by atoms with Gasteiger partial charge in [0.05, 0.1) is 28.0 Å². The number of methoxy groups -OCH3 is 1. The standard InChI is InChI=1S/C19H19N3O3S2/c1-25-18(23)16-14(8-11-26-16)21-19(24)22-9-6-12(7-10-22)17-20-13-4-2-3-5-15(13)27-17/h2-5,8,11-12H,6-7,9-10H2,1H3,(H,21,24). The zero-order chi connectivity index (χ0) is 18.8. The minimum Gasteiger partial charge on any atom is -0.465 e. The number of ether oxygens (including phenoxy) is 1. The maximum atomic E-state index is 12.6. The highest BCUT2D eigenvalue weighted by Gasteiger charge is 2.27. The first-order valence-corrected chi connectivity index (χ1v) is 10.4. The summed E-state index contributed by atoms with van der Waals surface area (Å²) in [4.78, 5) is 31.3. The van der Waals surface area contributed by atoms with Crippen molar-refractivity contribution < 1.29 is 14.3 Å². The van der Waals surface area contributed by atoms with Gasteiger partial charge in [0.25, 0.3) is 0 Å². The lowest BCUT2D eigenvalue weighted by Crippen LogP contribution is -2.40. The number of anilines is 1. The molecule has 4 rings (SSSR count). The molecule has 0 saturated carbocycles. The average molecular weight is 402 g/mol. The molecular weight excluding hydrogens is 382 g/mol. The maximum Gasteiger partial charge on any atom is 0.350 e. The number of benzene rings is 1. The average Bonchev–Trinajstić information content (AvgIpc) is 3.34. The van der Waals surface area contributed by atoms with Crippen molar-refractivity contribution in [2.24, 2.45) is 0 Å². The van der Waals surface area contributed by atoms with Gasteiger partial charge in [0.15, 0.2) is 0 Å². The smallest absolute Gasteiger partial charge is 0.350 e. The number of carbonyl (C=O) groups excluding carboxylic acids is 2. The van der Waals surface area contributed by atoms with Gasteiger partial charge in [0.1, 0.15) is 4.88 Å². The highest BCUT2D eigenvalue weighted by molar-refractivity contribution is 7.18. The predicted octanol–water partition coefficient (Wildman–Crippen LogP) is 4.56. The van der Waals surface area contributed by atoms with Crippen LogP contribution in [-0.4, -0.2) is 42.1 Å². The number of aromatic nitrogens is 1. The Morgan fingerprint density at radius 3 is 2.74 bits per heavy atom. The second kappa shape index (κ2) is 7.66. The van der Waals surface area contributed by atoms with Crippen molar-refractivity contribution in [2.45, 2.75) is 18.8 Å². The molecule has 8 heteroatoms. The van der Waals surface area contributed by atoms with Crippen LogP contribution in [0.2, 0.25) is 0 Å². The van der Waals surface area contributed by atoms with Gasteiger partial charge in [-0.05, 0) is 36.4 Å². The van der Waals surface area contributed by atoms with Gasteiger partial charge in [-0.3, -0.25) is 0 Å². The van der Waals surface area contributed by atoms with Crippen LogP contribution >= 0.6 is 22.7 Å². The molecule has 2 amide bonds. The van der Waals surface area contributed by atoms with Gasteiger partial charge >= 0.3 is 12.0 Å². The van der Waals surface area contributed by atoms with Crippen LogP contribution in [0.25, 0.3) is 10.2 Å². The second-order valence-corrected chi connectivity index (χ2v) is 8.34. The van der Waals surface area contributed by atoms with Gasteiger partial charge in [0.2, 0.25) is 0 Å². The van der Waals surface area contributed by atoms with Crippen molar-refractivity contribution in [1.29, 1.82) is 0 Å². The lowest BCUT2D eigenvalue weighted by molar-refractivity contribution is 0.0607. The van der Waals surface area contributed by atoms with Crippen LogP contribution in [0.3, 0.4) is 0 Å². The van der Waals surface area contributed by atoms with Crippen LogP contribution < -0.4 is 5.32 Å². The second-order valence-electron chi connectivity index (χ2n) is 6.37. The summed E-state index contributed by atoms with van der Waals surface area (Å²) >= 11 is 3.00. The number of urea groups is 1. The van der Waals surface area contributed by atoms with E-state index >= 15 is 0 Å². The van der Waals surface area contributed by atoms with E-state index < -0.39 is 5.97 Å². The van der Waals surface area contributed by atoms with E-state index in [1.54, 1.807) is 27.7 Å². The van der Waals surface area contributed by atoms with Crippen molar-refractivity contribution in [3.05, 3.63) is 45.6 Å². The van der Waals surface area contributed by atoms with Crippen LogP contribution in [0.4, 0.5) is 10.5 Å². The van der Waals surface area contributed by atoms with Crippen molar-refractivity contribution in [1.82, 2.24) is 9.88 Å². The molecule has 0 radical (unpaired) electrons. The SMILES string of the molecule is COC(=O)c1sccc1NC(=O)N1CCC(c2nc3ccccc3s2)CC1. The first kappa shape index (κ1) is 17.9. The molecule has 1 aliphatic rings. The third-order valence-electron chi connectivity index (χ3n) is 4.72. The molecule has 0 spiro atoms. The number of para-hydroxylation sites is 1. The normalized spacial score (nSPS) is 15.1. The van der Waals surface area contributed by atoms with Gasteiger partial charge in [-0.1, -0.05) is 12.1 Å². The number of likely N-dealkylation sites (tertiary alicyclic amines) is 1. The van der Waals surface area contributed by atoms with Crippen molar-refractivity contribution in [3.63, 3.8) is 0 Å². The number of hydrogen-bond acceptors (Lipinski definition) is 6. The maximum absolute atomic E-state index is 12.6. The number of esters is 1. The van der Waals surface area contributed by atoms with Crippen LogP contribution in [0, 0.1) is 0 Å². The molecule has 1 aromatic carbocycles. The quantitative estimate of drug-likeness (QED) is 0.653. The van der Waals surface area contributed by atoms with Crippen LogP contribution in [0.1, 0.15) is 33.4 Å². The number of thiophene rings is 1. The molecule has 27 heavy (non-hydrogen) atoms. The topological polar surface area (TPSA) is 71.5 Å². The molecule has 3 heterocycles. The molecule has 1 aliphatic heterocycles. The van der Waals surface area contributed by atoms with Crippen LogP contribution in [0.15, 0.2) is 35.7 Å². The summed E-state index contributed by atoms with van der Waals surface area (Å²) in [5.41, 5.74) is 1.55. The number of amides is 2. The molecule has 0 unspecified atom stereocenters. The Morgan fingerprint density at radius 2 is 2.00 bits per heavy atom. The molecular formula is C19H19N3O3S2. The lowest BCUT2D eigenvalue weighted by Gasteiger charge is -2.31. The molecule has 1 fully saturated rings. The Kier molecular flexibility index (Phi) is 5.09. The molecule has 0 aliphatic carbocycles. The number of thiazole rings is 1. The fourth-order valence-corrected chi connectivity index (χ4v) is 5.15. The summed E-state index contributed by atoms with van der Waals surface area (Å²) in [7, 11) is 1.33. The lowest BCUT2D eigenvalue weighted by atomic mass is 9.98. The van der Waals surface area contributed by atoms with Crippen LogP contribution in [-0.2, 0) is 4.74 Å². The van der Waals surface area contributed by atoms with Crippen molar-refractivity contribution in [2.75, 3.05) is 25.5 Å². The molecule has 0 atom stereocenters. The van der Waals surface area contributed by atoms with Gasteiger partial charge in [-0.25, -0.2) is 14.6 Å².